The molecule has 0 spiro atoms. The van der Waals surface area contributed by atoms with E-state index in [0.29, 0.717) is 11.8 Å². The molecule has 0 bridgehead atoms. The summed E-state index contributed by atoms with van der Waals surface area (Å²) in [4.78, 5) is 0. The van der Waals surface area contributed by atoms with Gasteiger partial charge in [0.25, 0.3) is 0 Å². The molecule has 0 unspecified atom stereocenters. The van der Waals surface area contributed by atoms with Crippen molar-refractivity contribution in [1.82, 2.24) is 14.8 Å². The fourth-order valence-electron chi connectivity index (χ4n) is 1.80. The molecule has 2 rings (SSSR count). The second-order valence-corrected chi connectivity index (χ2v) is 5.77. The molecule has 0 aliphatic rings. The van der Waals surface area contributed by atoms with Crippen LogP contribution in [-0.4, -0.2) is 14.8 Å². The van der Waals surface area contributed by atoms with Gasteiger partial charge in [0.05, 0.1) is 5.88 Å². The van der Waals surface area contributed by atoms with E-state index in [1.54, 1.807) is 0 Å². The van der Waals surface area contributed by atoms with Gasteiger partial charge in [0.15, 0.2) is 5.82 Å². The van der Waals surface area contributed by atoms with Gasteiger partial charge in [-0.05, 0) is 18.1 Å². The Hall–Kier alpha value is -0.870. The summed E-state index contributed by atoms with van der Waals surface area (Å²) in [7, 11) is 0. The van der Waals surface area contributed by atoms with E-state index in [1.807, 2.05) is 24.3 Å². The Labute approximate surface area is 120 Å². The standard InChI is InChI=1S/C13H15BrClN3/c1-9(2)8-18-12(7-15)16-17-13(18)10-3-5-11(14)6-4-10/h3-6,9H,7-8H2,1-2H3. The van der Waals surface area contributed by atoms with Gasteiger partial charge >= 0.3 is 0 Å². The summed E-state index contributed by atoms with van der Waals surface area (Å²) >= 11 is 9.34. The summed E-state index contributed by atoms with van der Waals surface area (Å²) in [6.07, 6.45) is 0. The van der Waals surface area contributed by atoms with Crippen molar-refractivity contribution in [3.63, 3.8) is 0 Å². The number of hydrogen-bond acceptors (Lipinski definition) is 2. The number of alkyl halides is 1. The molecule has 3 nitrogen and oxygen atoms in total. The average molecular weight is 329 g/mol. The number of benzene rings is 1. The van der Waals surface area contributed by atoms with Gasteiger partial charge in [-0.1, -0.05) is 41.9 Å². The molecule has 5 heteroatoms. The summed E-state index contributed by atoms with van der Waals surface area (Å²) in [5.41, 5.74) is 1.06. The van der Waals surface area contributed by atoms with Crippen LogP contribution in [0.3, 0.4) is 0 Å². The third-order valence-electron chi connectivity index (χ3n) is 2.60. The lowest BCUT2D eigenvalue weighted by Gasteiger charge is -2.11. The zero-order valence-electron chi connectivity index (χ0n) is 10.4. The third-order valence-corrected chi connectivity index (χ3v) is 3.36. The highest BCUT2D eigenvalue weighted by Gasteiger charge is 2.13. The molecular formula is C13H15BrClN3. The molecule has 1 aromatic heterocycles. The first-order chi connectivity index (χ1) is 8.61. The van der Waals surface area contributed by atoms with Crippen LogP contribution in [0.2, 0.25) is 0 Å². The molecule has 0 aliphatic heterocycles. The molecule has 0 atom stereocenters. The van der Waals surface area contributed by atoms with E-state index >= 15 is 0 Å². The van der Waals surface area contributed by atoms with Crippen molar-refractivity contribution in [2.45, 2.75) is 26.3 Å². The van der Waals surface area contributed by atoms with E-state index in [1.165, 1.54) is 0 Å². The quantitative estimate of drug-likeness (QED) is 0.791. The van der Waals surface area contributed by atoms with E-state index in [9.17, 15) is 0 Å². The summed E-state index contributed by atoms with van der Waals surface area (Å²) in [6.45, 7) is 5.22. The van der Waals surface area contributed by atoms with Gasteiger partial charge in [-0.3, -0.25) is 0 Å². The van der Waals surface area contributed by atoms with Crippen LogP contribution < -0.4 is 0 Å². The van der Waals surface area contributed by atoms with Gasteiger partial charge in [-0.2, -0.15) is 0 Å². The Balaban J connectivity index is 2.43. The van der Waals surface area contributed by atoms with Crippen molar-refractivity contribution in [2.24, 2.45) is 5.92 Å². The second kappa shape index (κ2) is 5.85. The van der Waals surface area contributed by atoms with Gasteiger partial charge in [0.2, 0.25) is 0 Å². The molecule has 0 fully saturated rings. The van der Waals surface area contributed by atoms with Crippen molar-refractivity contribution in [3.8, 4) is 11.4 Å². The molecule has 1 aromatic carbocycles. The first kappa shape index (κ1) is 13.6. The van der Waals surface area contributed by atoms with Crippen LogP contribution in [0, 0.1) is 5.92 Å². The Bertz CT molecular complexity index is 520. The van der Waals surface area contributed by atoms with E-state index in [-0.39, 0.29) is 0 Å². The fourth-order valence-corrected chi connectivity index (χ4v) is 2.27. The zero-order valence-corrected chi connectivity index (χ0v) is 12.7. The van der Waals surface area contributed by atoms with Crippen LogP contribution in [0.15, 0.2) is 28.7 Å². The van der Waals surface area contributed by atoms with Crippen molar-refractivity contribution in [1.29, 1.82) is 0 Å². The summed E-state index contributed by atoms with van der Waals surface area (Å²) in [6, 6.07) is 8.07. The fraction of sp³-hybridized carbons (Fsp3) is 0.385. The van der Waals surface area contributed by atoms with Crippen LogP contribution in [0.5, 0.6) is 0 Å². The lowest BCUT2D eigenvalue weighted by Crippen LogP contribution is -2.09. The molecule has 0 radical (unpaired) electrons. The summed E-state index contributed by atoms with van der Waals surface area (Å²) in [5, 5.41) is 8.41. The average Bonchev–Trinajstić information content (AvgIpc) is 2.72. The highest BCUT2D eigenvalue weighted by molar-refractivity contribution is 9.10. The number of halogens is 2. The van der Waals surface area contributed by atoms with E-state index in [2.05, 4.69) is 44.5 Å². The predicted molar refractivity (Wildman–Crippen MR) is 77.6 cm³/mol. The Morgan fingerprint density at radius 1 is 1.22 bits per heavy atom. The number of hydrogen-bond donors (Lipinski definition) is 0. The van der Waals surface area contributed by atoms with Crippen LogP contribution in [0.4, 0.5) is 0 Å². The molecule has 0 aliphatic carbocycles. The smallest absolute Gasteiger partial charge is 0.163 e. The Morgan fingerprint density at radius 2 is 1.89 bits per heavy atom. The SMILES string of the molecule is CC(C)Cn1c(CCl)nnc1-c1ccc(Br)cc1. The van der Waals surface area contributed by atoms with Crippen LogP contribution in [0.25, 0.3) is 11.4 Å². The first-order valence-corrected chi connectivity index (χ1v) is 7.18. The summed E-state index contributed by atoms with van der Waals surface area (Å²) in [5.74, 6) is 2.61. The maximum atomic E-state index is 5.91. The lowest BCUT2D eigenvalue weighted by molar-refractivity contribution is 0.515. The number of nitrogens with zero attached hydrogens (tertiary/aromatic N) is 3. The molecular weight excluding hydrogens is 314 g/mol. The van der Waals surface area contributed by atoms with Crippen molar-refractivity contribution >= 4 is 27.5 Å². The highest BCUT2D eigenvalue weighted by Crippen LogP contribution is 2.22. The molecule has 96 valence electrons. The lowest BCUT2D eigenvalue weighted by atomic mass is 10.2. The predicted octanol–water partition coefficient (Wildman–Crippen LogP) is 4.10. The largest absolute Gasteiger partial charge is 0.310 e. The molecule has 0 amide bonds. The second-order valence-electron chi connectivity index (χ2n) is 4.58. The highest BCUT2D eigenvalue weighted by atomic mass is 79.9. The van der Waals surface area contributed by atoms with Crippen LogP contribution in [0.1, 0.15) is 19.7 Å². The van der Waals surface area contributed by atoms with E-state index < -0.39 is 0 Å². The minimum absolute atomic E-state index is 0.385. The number of rotatable bonds is 4. The maximum Gasteiger partial charge on any atom is 0.163 e. The van der Waals surface area contributed by atoms with Crippen molar-refractivity contribution in [2.75, 3.05) is 0 Å². The Morgan fingerprint density at radius 3 is 2.44 bits per heavy atom. The molecule has 18 heavy (non-hydrogen) atoms. The first-order valence-electron chi connectivity index (χ1n) is 5.85. The van der Waals surface area contributed by atoms with Gasteiger partial charge < -0.3 is 4.57 Å². The Kier molecular flexibility index (Phi) is 4.40. The minimum Gasteiger partial charge on any atom is -0.310 e. The monoisotopic (exact) mass is 327 g/mol. The molecule has 0 saturated carbocycles. The topological polar surface area (TPSA) is 30.7 Å². The number of aromatic nitrogens is 3. The van der Waals surface area contributed by atoms with Gasteiger partial charge in [0, 0.05) is 16.6 Å². The van der Waals surface area contributed by atoms with Gasteiger partial charge in [-0.15, -0.1) is 21.8 Å². The maximum absolute atomic E-state index is 5.91. The van der Waals surface area contributed by atoms with Crippen LogP contribution in [-0.2, 0) is 12.4 Å². The molecule has 2 aromatic rings. The molecule has 0 N–H and O–H groups in total. The van der Waals surface area contributed by atoms with Crippen molar-refractivity contribution < 1.29 is 0 Å². The van der Waals surface area contributed by atoms with Crippen LogP contribution >= 0.6 is 27.5 Å². The van der Waals surface area contributed by atoms with Crippen molar-refractivity contribution in [3.05, 3.63) is 34.6 Å². The van der Waals surface area contributed by atoms with Gasteiger partial charge in [-0.25, -0.2) is 0 Å². The zero-order chi connectivity index (χ0) is 13.1. The third kappa shape index (κ3) is 2.93. The summed E-state index contributed by atoms with van der Waals surface area (Å²) < 4.78 is 3.15. The molecule has 0 saturated heterocycles. The van der Waals surface area contributed by atoms with Gasteiger partial charge in [0.1, 0.15) is 5.82 Å². The normalized spacial score (nSPS) is 11.2. The van der Waals surface area contributed by atoms with E-state index in [4.69, 9.17) is 11.6 Å². The minimum atomic E-state index is 0.385. The molecule has 1 heterocycles. The van der Waals surface area contributed by atoms with E-state index in [0.717, 1.165) is 28.2 Å².